The van der Waals surface area contributed by atoms with Crippen LogP contribution in [0.1, 0.15) is 0 Å². The molecule has 0 atom stereocenters. The van der Waals surface area contributed by atoms with Gasteiger partial charge >= 0.3 is 5.97 Å². The Morgan fingerprint density at radius 1 is 0.737 bits per heavy atom. The van der Waals surface area contributed by atoms with Crippen molar-refractivity contribution in [2.24, 2.45) is 0 Å². The first-order chi connectivity index (χ1) is 18.7. The van der Waals surface area contributed by atoms with Crippen molar-refractivity contribution in [3.05, 3.63) is 79.4 Å². The number of para-hydroxylation sites is 2. The number of fused-ring (bicyclic) bond motifs is 2. The Labute approximate surface area is 228 Å². The molecule has 9 heteroatoms. The summed E-state index contributed by atoms with van der Waals surface area (Å²) in [7, 11) is 0. The molecule has 0 radical (unpaired) electrons. The number of carbonyl (C=O) groups is 1. The number of aromatic nitrogens is 2. The van der Waals surface area contributed by atoms with E-state index in [0.29, 0.717) is 33.0 Å². The van der Waals surface area contributed by atoms with Crippen molar-refractivity contribution in [3.8, 4) is 26.9 Å². The summed E-state index contributed by atoms with van der Waals surface area (Å²) in [5.41, 5.74) is 3.94. The average Bonchev–Trinajstić information content (AvgIpc) is 3.58. The van der Waals surface area contributed by atoms with Gasteiger partial charge in [-0.1, -0.05) is 30.8 Å². The summed E-state index contributed by atoms with van der Waals surface area (Å²) in [4.78, 5) is 20.7. The second kappa shape index (κ2) is 12.7. The van der Waals surface area contributed by atoms with Crippen molar-refractivity contribution in [1.82, 2.24) is 9.97 Å². The lowest BCUT2D eigenvalue weighted by Crippen LogP contribution is -2.13. The van der Waals surface area contributed by atoms with Crippen LogP contribution >= 0.6 is 22.7 Å². The SMILES string of the molecule is C=CC(=O)OCCOCCOCCOc1cc(-c2nc3ccccc3s2)cc(-c2nc3ccccc3s2)c1. The second-order valence-electron chi connectivity index (χ2n) is 8.16. The molecule has 0 bridgehead atoms. The summed E-state index contributed by atoms with van der Waals surface area (Å²) in [5.74, 6) is 0.278. The van der Waals surface area contributed by atoms with Crippen LogP contribution in [0.5, 0.6) is 5.75 Å². The molecule has 0 saturated heterocycles. The molecule has 0 amide bonds. The van der Waals surface area contributed by atoms with E-state index in [0.717, 1.165) is 53.4 Å². The molecule has 0 N–H and O–H groups in total. The Bertz CT molecular complexity index is 1390. The molecule has 0 aliphatic rings. The van der Waals surface area contributed by atoms with Gasteiger partial charge in [0.15, 0.2) is 0 Å². The highest BCUT2D eigenvalue weighted by molar-refractivity contribution is 7.22. The monoisotopic (exact) mass is 546 g/mol. The molecule has 0 aliphatic carbocycles. The van der Waals surface area contributed by atoms with Gasteiger partial charge in [0.05, 0.1) is 46.9 Å². The Morgan fingerprint density at radius 3 is 1.82 bits per heavy atom. The number of ether oxygens (including phenoxy) is 4. The van der Waals surface area contributed by atoms with E-state index >= 15 is 0 Å². The Hall–Kier alpha value is -3.63. The largest absolute Gasteiger partial charge is 0.491 e. The zero-order valence-corrected chi connectivity index (χ0v) is 22.3. The molecule has 38 heavy (non-hydrogen) atoms. The quantitative estimate of drug-likeness (QED) is 0.0963. The van der Waals surface area contributed by atoms with Crippen molar-refractivity contribution < 1.29 is 23.7 Å². The van der Waals surface area contributed by atoms with Gasteiger partial charge < -0.3 is 18.9 Å². The number of benzene rings is 3. The molecular formula is C29H26N2O5S2. The summed E-state index contributed by atoms with van der Waals surface area (Å²) in [6.45, 7) is 5.47. The highest BCUT2D eigenvalue weighted by Gasteiger charge is 2.13. The normalized spacial score (nSPS) is 11.2. The van der Waals surface area contributed by atoms with E-state index in [2.05, 4.69) is 24.8 Å². The lowest BCUT2D eigenvalue weighted by Gasteiger charge is -2.10. The van der Waals surface area contributed by atoms with Crippen LogP contribution < -0.4 is 4.74 Å². The van der Waals surface area contributed by atoms with Crippen molar-refractivity contribution in [2.45, 2.75) is 0 Å². The van der Waals surface area contributed by atoms with E-state index in [1.54, 1.807) is 22.7 Å². The molecule has 0 spiro atoms. The molecular weight excluding hydrogens is 520 g/mol. The van der Waals surface area contributed by atoms with Gasteiger partial charge in [-0.25, -0.2) is 14.8 Å². The van der Waals surface area contributed by atoms with Gasteiger partial charge in [0.25, 0.3) is 0 Å². The van der Waals surface area contributed by atoms with Crippen molar-refractivity contribution in [2.75, 3.05) is 39.6 Å². The van der Waals surface area contributed by atoms with Gasteiger partial charge in [0.1, 0.15) is 29.0 Å². The molecule has 5 rings (SSSR count). The first-order valence-corrected chi connectivity index (χ1v) is 13.8. The van der Waals surface area contributed by atoms with Crippen LogP contribution in [0.2, 0.25) is 0 Å². The van der Waals surface area contributed by atoms with E-state index in [4.69, 9.17) is 28.9 Å². The third-order valence-corrected chi connectivity index (χ3v) is 7.67. The maximum absolute atomic E-state index is 11.0. The van der Waals surface area contributed by atoms with Crippen LogP contribution in [-0.4, -0.2) is 55.6 Å². The predicted molar refractivity (Wildman–Crippen MR) is 152 cm³/mol. The fourth-order valence-corrected chi connectivity index (χ4v) is 5.63. The number of hydrogen-bond acceptors (Lipinski definition) is 9. The van der Waals surface area contributed by atoms with Crippen molar-refractivity contribution in [1.29, 1.82) is 0 Å². The minimum Gasteiger partial charge on any atom is -0.491 e. The van der Waals surface area contributed by atoms with E-state index in [1.165, 1.54) is 0 Å². The van der Waals surface area contributed by atoms with E-state index in [1.807, 2.05) is 48.5 Å². The van der Waals surface area contributed by atoms with Gasteiger partial charge in [-0.2, -0.15) is 0 Å². The van der Waals surface area contributed by atoms with Crippen molar-refractivity contribution >= 4 is 49.1 Å². The molecule has 0 saturated carbocycles. The van der Waals surface area contributed by atoms with Crippen LogP contribution in [0.3, 0.4) is 0 Å². The molecule has 0 fully saturated rings. The van der Waals surface area contributed by atoms with Crippen LogP contribution in [0.15, 0.2) is 79.4 Å². The van der Waals surface area contributed by atoms with Crippen molar-refractivity contribution in [3.63, 3.8) is 0 Å². The summed E-state index contributed by atoms with van der Waals surface area (Å²) < 4.78 is 24.2. The second-order valence-corrected chi connectivity index (χ2v) is 10.2. The number of nitrogens with zero attached hydrogens (tertiary/aromatic N) is 2. The zero-order chi connectivity index (χ0) is 26.2. The summed E-state index contributed by atoms with van der Waals surface area (Å²) >= 11 is 3.32. The average molecular weight is 547 g/mol. The van der Waals surface area contributed by atoms with Gasteiger partial charge in [0, 0.05) is 17.2 Å². The first kappa shape index (κ1) is 26.0. The number of esters is 1. The number of thiazole rings is 2. The molecule has 2 heterocycles. The fraction of sp³-hybridized carbons (Fsp3) is 0.207. The Kier molecular flexibility index (Phi) is 8.72. The van der Waals surface area contributed by atoms with Crippen LogP contribution in [0.4, 0.5) is 0 Å². The maximum Gasteiger partial charge on any atom is 0.330 e. The summed E-state index contributed by atoms with van der Waals surface area (Å²) in [6, 6.07) is 22.4. The molecule has 3 aromatic carbocycles. The molecule has 5 aromatic rings. The smallest absolute Gasteiger partial charge is 0.330 e. The highest BCUT2D eigenvalue weighted by atomic mass is 32.1. The predicted octanol–water partition coefficient (Wildman–Crippen LogP) is 6.38. The topological polar surface area (TPSA) is 79.8 Å². The lowest BCUT2D eigenvalue weighted by atomic mass is 10.1. The lowest BCUT2D eigenvalue weighted by molar-refractivity contribution is -0.139. The first-order valence-electron chi connectivity index (χ1n) is 12.1. The van der Waals surface area contributed by atoms with Gasteiger partial charge in [-0.3, -0.25) is 0 Å². The van der Waals surface area contributed by atoms with E-state index in [9.17, 15) is 4.79 Å². The summed E-state index contributed by atoms with van der Waals surface area (Å²) in [6.07, 6.45) is 1.12. The maximum atomic E-state index is 11.0. The summed E-state index contributed by atoms with van der Waals surface area (Å²) in [5, 5.41) is 1.87. The standard InChI is InChI=1S/C29H26N2O5S2/c1-2-27(32)36-16-14-34-12-11-33-13-15-35-22-18-20(28-30-23-7-3-5-9-25(23)37-28)17-21(19-22)29-31-24-8-4-6-10-26(24)38-29/h2-10,17-19H,1,11-16H2. The molecule has 0 unspecified atom stereocenters. The van der Waals surface area contributed by atoms with Crippen LogP contribution in [0, 0.1) is 0 Å². The Balaban J connectivity index is 1.24. The van der Waals surface area contributed by atoms with E-state index < -0.39 is 5.97 Å². The minimum atomic E-state index is -0.458. The third-order valence-electron chi connectivity index (χ3n) is 5.50. The number of rotatable bonds is 13. The molecule has 7 nitrogen and oxygen atoms in total. The highest BCUT2D eigenvalue weighted by Crippen LogP contribution is 2.37. The zero-order valence-electron chi connectivity index (χ0n) is 20.6. The van der Waals surface area contributed by atoms with Gasteiger partial charge in [-0.05, 0) is 42.5 Å². The van der Waals surface area contributed by atoms with Crippen LogP contribution in [0.25, 0.3) is 41.6 Å². The Morgan fingerprint density at radius 2 is 1.26 bits per heavy atom. The molecule has 2 aromatic heterocycles. The van der Waals surface area contributed by atoms with E-state index in [-0.39, 0.29) is 6.61 Å². The van der Waals surface area contributed by atoms with Gasteiger partial charge in [0.2, 0.25) is 0 Å². The number of carbonyl (C=O) groups excluding carboxylic acids is 1. The molecule has 0 aliphatic heterocycles. The van der Waals surface area contributed by atoms with Gasteiger partial charge in [-0.15, -0.1) is 22.7 Å². The third kappa shape index (κ3) is 6.62. The molecule has 194 valence electrons. The number of hydrogen-bond donors (Lipinski definition) is 0. The van der Waals surface area contributed by atoms with Crippen LogP contribution in [-0.2, 0) is 19.0 Å². The fourth-order valence-electron chi connectivity index (χ4n) is 3.72. The minimum absolute atomic E-state index is 0.190.